The molecule has 0 radical (unpaired) electrons. The molecule has 0 fully saturated rings. The zero-order valence-corrected chi connectivity index (χ0v) is 13.9. The molecule has 0 spiro atoms. The van der Waals surface area contributed by atoms with Gasteiger partial charge in [0.1, 0.15) is 12.1 Å². The van der Waals surface area contributed by atoms with Gasteiger partial charge in [-0.25, -0.2) is 4.68 Å². The molecule has 0 unspecified atom stereocenters. The molecule has 0 atom stereocenters. The summed E-state index contributed by atoms with van der Waals surface area (Å²) in [6.45, 7) is 5.88. The third-order valence-electron chi connectivity index (χ3n) is 3.84. The number of amides is 1. The summed E-state index contributed by atoms with van der Waals surface area (Å²) in [6, 6.07) is 3.51. The number of nitrogens with zero attached hydrogens (tertiary/aromatic N) is 3. The summed E-state index contributed by atoms with van der Waals surface area (Å²) in [5.41, 5.74) is 2.18. The first-order valence-corrected chi connectivity index (χ1v) is 7.96. The molecule has 0 aromatic carbocycles. The zero-order valence-electron chi connectivity index (χ0n) is 13.1. The van der Waals surface area contributed by atoms with Crippen molar-refractivity contribution < 1.29 is 4.79 Å². The van der Waals surface area contributed by atoms with Crippen LogP contribution >= 0.6 is 11.3 Å². The minimum atomic E-state index is -0.367. The maximum absolute atomic E-state index is 12.3. The largest absolute Gasteiger partial charge is 0.316 e. The van der Waals surface area contributed by atoms with E-state index in [0.29, 0.717) is 10.9 Å². The third kappa shape index (κ3) is 2.87. The fourth-order valence-electron chi connectivity index (χ4n) is 2.28. The van der Waals surface area contributed by atoms with Gasteiger partial charge in [-0.15, -0.1) is 11.3 Å². The Kier molecular flexibility index (Phi) is 3.96. The van der Waals surface area contributed by atoms with Crippen LogP contribution in [0.5, 0.6) is 0 Å². The number of anilines is 1. The highest BCUT2D eigenvalue weighted by atomic mass is 32.1. The van der Waals surface area contributed by atoms with E-state index in [0.717, 1.165) is 15.2 Å². The fourth-order valence-corrected chi connectivity index (χ4v) is 3.37. The van der Waals surface area contributed by atoms with Gasteiger partial charge < -0.3 is 5.32 Å². The van der Waals surface area contributed by atoms with Crippen LogP contribution in [0.3, 0.4) is 0 Å². The number of aromatic nitrogens is 3. The number of thiophene rings is 1. The van der Waals surface area contributed by atoms with E-state index in [1.165, 1.54) is 21.8 Å². The lowest BCUT2D eigenvalue weighted by atomic mass is 10.2. The first-order chi connectivity index (χ1) is 11.0. The molecule has 3 aromatic rings. The Morgan fingerprint density at radius 1 is 1.30 bits per heavy atom. The number of carbonyl (C=O) groups is 1. The van der Waals surface area contributed by atoms with Crippen molar-refractivity contribution in [2.45, 2.75) is 27.3 Å². The van der Waals surface area contributed by atoms with Crippen LogP contribution in [0.4, 0.5) is 5.00 Å². The van der Waals surface area contributed by atoms with Crippen molar-refractivity contribution in [3.63, 3.8) is 0 Å². The molecule has 0 bridgehead atoms. The van der Waals surface area contributed by atoms with Gasteiger partial charge in [-0.3, -0.25) is 14.6 Å². The SMILES string of the molecule is Cc1sc(NC(=O)Cn2ncc3cccnc3c2=O)c(C)c1C. The van der Waals surface area contributed by atoms with E-state index in [1.54, 1.807) is 24.5 Å². The normalized spacial score (nSPS) is 10.9. The summed E-state index contributed by atoms with van der Waals surface area (Å²) in [6.07, 6.45) is 3.09. The molecule has 1 N–H and O–H groups in total. The Morgan fingerprint density at radius 2 is 2.09 bits per heavy atom. The van der Waals surface area contributed by atoms with Crippen molar-refractivity contribution in [2.75, 3.05) is 5.32 Å². The average Bonchev–Trinajstić information content (AvgIpc) is 2.77. The minimum absolute atomic E-state index is 0.138. The van der Waals surface area contributed by atoms with E-state index >= 15 is 0 Å². The first-order valence-electron chi connectivity index (χ1n) is 7.14. The fraction of sp³-hybridized carbons (Fsp3) is 0.250. The molecule has 0 aliphatic heterocycles. The maximum atomic E-state index is 12.3. The molecule has 7 heteroatoms. The van der Waals surface area contributed by atoms with E-state index in [2.05, 4.69) is 15.4 Å². The van der Waals surface area contributed by atoms with Crippen molar-refractivity contribution in [3.05, 3.63) is 50.9 Å². The molecule has 0 aliphatic rings. The van der Waals surface area contributed by atoms with Crippen molar-refractivity contribution in [1.82, 2.24) is 14.8 Å². The number of aryl methyl sites for hydroxylation is 1. The second kappa shape index (κ2) is 5.92. The summed E-state index contributed by atoms with van der Waals surface area (Å²) in [7, 11) is 0. The Morgan fingerprint density at radius 3 is 2.78 bits per heavy atom. The summed E-state index contributed by atoms with van der Waals surface area (Å²) in [4.78, 5) is 29.7. The summed E-state index contributed by atoms with van der Waals surface area (Å²) in [5, 5.41) is 8.37. The Hall–Kier alpha value is -2.54. The van der Waals surface area contributed by atoms with Crippen LogP contribution < -0.4 is 10.9 Å². The molecule has 23 heavy (non-hydrogen) atoms. The van der Waals surface area contributed by atoms with Crippen LogP contribution in [0.2, 0.25) is 0 Å². The summed E-state index contributed by atoms with van der Waals surface area (Å²) >= 11 is 1.53. The Labute approximate surface area is 136 Å². The number of nitrogens with one attached hydrogen (secondary N) is 1. The topological polar surface area (TPSA) is 76.9 Å². The lowest BCUT2D eigenvalue weighted by Crippen LogP contribution is -2.29. The molecule has 3 aromatic heterocycles. The molecule has 0 saturated heterocycles. The van der Waals surface area contributed by atoms with Gasteiger partial charge in [0.15, 0.2) is 0 Å². The Balaban J connectivity index is 1.84. The first kappa shape index (κ1) is 15.4. The standard InChI is InChI=1S/C16H16N4O2S/c1-9-10(2)15(23-11(9)3)19-13(21)8-20-16(22)14-12(7-18-20)5-4-6-17-14/h4-7H,8H2,1-3H3,(H,19,21). The van der Waals surface area contributed by atoms with E-state index in [-0.39, 0.29) is 18.0 Å². The number of hydrogen-bond donors (Lipinski definition) is 1. The predicted octanol–water partition coefficient (Wildman–Crippen LogP) is 2.42. The number of fused-ring (bicyclic) bond motifs is 1. The van der Waals surface area contributed by atoms with Crippen LogP contribution in [-0.2, 0) is 11.3 Å². The van der Waals surface area contributed by atoms with E-state index in [1.807, 2.05) is 20.8 Å². The Bertz CT molecular complexity index is 958. The van der Waals surface area contributed by atoms with Gasteiger partial charge in [-0.2, -0.15) is 5.10 Å². The van der Waals surface area contributed by atoms with E-state index in [9.17, 15) is 9.59 Å². The van der Waals surface area contributed by atoms with Gasteiger partial charge in [-0.05, 0) is 44.0 Å². The van der Waals surface area contributed by atoms with Gasteiger partial charge in [-0.1, -0.05) is 0 Å². The van der Waals surface area contributed by atoms with Crippen LogP contribution in [0.15, 0.2) is 29.3 Å². The molecule has 6 nitrogen and oxygen atoms in total. The second-order valence-corrected chi connectivity index (χ2v) is 6.56. The molecule has 3 rings (SSSR count). The highest BCUT2D eigenvalue weighted by molar-refractivity contribution is 7.16. The lowest BCUT2D eigenvalue weighted by Gasteiger charge is -2.06. The molecule has 1 amide bonds. The smallest absolute Gasteiger partial charge is 0.293 e. The van der Waals surface area contributed by atoms with Crippen molar-refractivity contribution in [3.8, 4) is 0 Å². The highest BCUT2D eigenvalue weighted by Crippen LogP contribution is 2.31. The van der Waals surface area contributed by atoms with Gasteiger partial charge in [0.2, 0.25) is 5.91 Å². The second-order valence-electron chi connectivity index (χ2n) is 5.33. The molecule has 3 heterocycles. The van der Waals surface area contributed by atoms with E-state index in [4.69, 9.17) is 0 Å². The third-order valence-corrected chi connectivity index (χ3v) is 5.07. The minimum Gasteiger partial charge on any atom is -0.316 e. The van der Waals surface area contributed by atoms with E-state index < -0.39 is 0 Å². The number of hydrogen-bond acceptors (Lipinski definition) is 5. The van der Waals surface area contributed by atoms with Gasteiger partial charge in [0.25, 0.3) is 5.56 Å². The van der Waals surface area contributed by atoms with Crippen molar-refractivity contribution >= 4 is 33.1 Å². The number of pyridine rings is 1. The number of carbonyl (C=O) groups excluding carboxylic acids is 1. The van der Waals surface area contributed by atoms with Crippen molar-refractivity contribution in [1.29, 1.82) is 0 Å². The van der Waals surface area contributed by atoms with Crippen LogP contribution in [0, 0.1) is 20.8 Å². The molecular formula is C16H16N4O2S. The van der Waals surface area contributed by atoms with Gasteiger partial charge in [0.05, 0.1) is 11.2 Å². The van der Waals surface area contributed by atoms with Crippen LogP contribution in [-0.4, -0.2) is 20.7 Å². The monoisotopic (exact) mass is 328 g/mol. The predicted molar refractivity (Wildman–Crippen MR) is 91.0 cm³/mol. The van der Waals surface area contributed by atoms with Crippen molar-refractivity contribution in [2.24, 2.45) is 0 Å². The average molecular weight is 328 g/mol. The molecule has 0 aliphatic carbocycles. The van der Waals surface area contributed by atoms with Gasteiger partial charge in [0, 0.05) is 16.5 Å². The molecular weight excluding hydrogens is 312 g/mol. The van der Waals surface area contributed by atoms with Crippen LogP contribution in [0.1, 0.15) is 16.0 Å². The molecule has 0 saturated carbocycles. The van der Waals surface area contributed by atoms with Gasteiger partial charge >= 0.3 is 0 Å². The zero-order chi connectivity index (χ0) is 16.6. The molecule has 118 valence electrons. The maximum Gasteiger partial charge on any atom is 0.293 e. The summed E-state index contributed by atoms with van der Waals surface area (Å²) in [5.74, 6) is -0.278. The summed E-state index contributed by atoms with van der Waals surface area (Å²) < 4.78 is 1.13. The lowest BCUT2D eigenvalue weighted by molar-refractivity contribution is -0.116. The highest BCUT2D eigenvalue weighted by Gasteiger charge is 2.13. The number of rotatable bonds is 3. The quantitative estimate of drug-likeness (QED) is 0.801. The van der Waals surface area contributed by atoms with Crippen LogP contribution in [0.25, 0.3) is 10.9 Å².